The van der Waals surface area contributed by atoms with Gasteiger partial charge in [0, 0.05) is 31.1 Å². The van der Waals surface area contributed by atoms with Gasteiger partial charge in [-0.3, -0.25) is 4.99 Å². The highest BCUT2D eigenvalue weighted by molar-refractivity contribution is 5.79. The SMILES string of the molecule is CN=C(NCC(C)(C)c1cccc(F)c1)NCC(C)(C)N(C)C. The molecule has 0 aliphatic rings. The van der Waals surface area contributed by atoms with Crippen LogP contribution in [0.4, 0.5) is 4.39 Å². The van der Waals surface area contributed by atoms with Crippen molar-refractivity contribution in [2.45, 2.75) is 38.6 Å². The van der Waals surface area contributed by atoms with E-state index in [1.165, 1.54) is 6.07 Å². The van der Waals surface area contributed by atoms with Gasteiger partial charge in [0.1, 0.15) is 5.82 Å². The van der Waals surface area contributed by atoms with Crippen molar-refractivity contribution in [1.82, 2.24) is 15.5 Å². The number of halogens is 1. The summed E-state index contributed by atoms with van der Waals surface area (Å²) in [7, 11) is 5.88. The molecule has 23 heavy (non-hydrogen) atoms. The number of guanidine groups is 1. The summed E-state index contributed by atoms with van der Waals surface area (Å²) in [6.45, 7) is 9.96. The highest BCUT2D eigenvalue weighted by atomic mass is 19.1. The largest absolute Gasteiger partial charge is 0.356 e. The number of rotatable bonds is 6. The van der Waals surface area contributed by atoms with E-state index in [9.17, 15) is 4.39 Å². The van der Waals surface area contributed by atoms with Crippen LogP contribution in [-0.4, -0.2) is 50.6 Å². The van der Waals surface area contributed by atoms with Gasteiger partial charge in [0.05, 0.1) is 0 Å². The molecule has 1 rings (SSSR count). The predicted octanol–water partition coefficient (Wildman–Crippen LogP) is 2.61. The lowest BCUT2D eigenvalue weighted by atomic mass is 9.84. The van der Waals surface area contributed by atoms with Crippen molar-refractivity contribution in [1.29, 1.82) is 0 Å². The van der Waals surface area contributed by atoms with Gasteiger partial charge in [-0.25, -0.2) is 4.39 Å². The van der Waals surface area contributed by atoms with Crippen molar-refractivity contribution in [2.75, 3.05) is 34.2 Å². The van der Waals surface area contributed by atoms with E-state index >= 15 is 0 Å². The maximum Gasteiger partial charge on any atom is 0.191 e. The molecule has 0 saturated heterocycles. The molecule has 1 aromatic rings. The molecule has 130 valence electrons. The molecule has 0 saturated carbocycles. The molecule has 5 heteroatoms. The van der Waals surface area contributed by atoms with E-state index in [0.717, 1.165) is 18.1 Å². The van der Waals surface area contributed by atoms with E-state index < -0.39 is 0 Å². The molecule has 0 spiro atoms. The number of hydrogen-bond donors (Lipinski definition) is 2. The van der Waals surface area contributed by atoms with E-state index in [0.29, 0.717) is 6.54 Å². The van der Waals surface area contributed by atoms with E-state index in [-0.39, 0.29) is 16.8 Å². The maximum absolute atomic E-state index is 13.4. The molecule has 0 bridgehead atoms. The maximum atomic E-state index is 13.4. The quantitative estimate of drug-likeness (QED) is 0.625. The van der Waals surface area contributed by atoms with E-state index in [4.69, 9.17) is 0 Å². The molecule has 0 aliphatic carbocycles. The van der Waals surface area contributed by atoms with Crippen molar-refractivity contribution in [3.8, 4) is 0 Å². The van der Waals surface area contributed by atoms with Crippen molar-refractivity contribution < 1.29 is 4.39 Å². The number of nitrogens with zero attached hydrogens (tertiary/aromatic N) is 2. The average Bonchev–Trinajstić information content (AvgIpc) is 2.47. The second-order valence-electron chi connectivity index (χ2n) is 7.38. The topological polar surface area (TPSA) is 39.7 Å². The molecule has 0 radical (unpaired) electrons. The fraction of sp³-hybridized carbons (Fsp3) is 0.611. The Morgan fingerprint density at radius 1 is 1.13 bits per heavy atom. The van der Waals surface area contributed by atoms with Crippen LogP contribution < -0.4 is 10.6 Å². The smallest absolute Gasteiger partial charge is 0.191 e. The van der Waals surface area contributed by atoms with E-state index in [1.807, 2.05) is 6.07 Å². The van der Waals surface area contributed by atoms with Gasteiger partial charge in [0.15, 0.2) is 5.96 Å². The first-order valence-corrected chi connectivity index (χ1v) is 7.96. The van der Waals surface area contributed by atoms with Crippen LogP contribution in [0.15, 0.2) is 29.3 Å². The van der Waals surface area contributed by atoms with Gasteiger partial charge >= 0.3 is 0 Å². The molecule has 1 aromatic carbocycles. The van der Waals surface area contributed by atoms with Gasteiger partial charge < -0.3 is 15.5 Å². The highest BCUT2D eigenvalue weighted by Crippen LogP contribution is 2.22. The summed E-state index contributed by atoms with van der Waals surface area (Å²) in [5, 5.41) is 6.69. The third-order valence-electron chi connectivity index (χ3n) is 4.43. The van der Waals surface area contributed by atoms with Crippen molar-refractivity contribution >= 4 is 5.96 Å². The highest BCUT2D eigenvalue weighted by Gasteiger charge is 2.23. The first kappa shape index (κ1) is 19.4. The van der Waals surface area contributed by atoms with Crippen LogP contribution in [0, 0.1) is 5.82 Å². The van der Waals surface area contributed by atoms with Crippen LogP contribution in [0.5, 0.6) is 0 Å². The Morgan fingerprint density at radius 2 is 1.74 bits per heavy atom. The van der Waals surface area contributed by atoms with Gasteiger partial charge in [-0.15, -0.1) is 0 Å². The Hall–Kier alpha value is -1.62. The van der Waals surface area contributed by atoms with E-state index in [1.54, 1.807) is 19.2 Å². The molecular formula is C18H31FN4. The molecule has 0 atom stereocenters. The summed E-state index contributed by atoms with van der Waals surface area (Å²) < 4.78 is 13.4. The molecule has 0 fully saturated rings. The normalized spacial score (nSPS) is 13.3. The first-order chi connectivity index (χ1) is 10.6. The van der Waals surface area contributed by atoms with Gasteiger partial charge in [-0.2, -0.15) is 0 Å². The van der Waals surface area contributed by atoms with Crippen LogP contribution in [-0.2, 0) is 5.41 Å². The molecular weight excluding hydrogens is 291 g/mol. The predicted molar refractivity (Wildman–Crippen MR) is 96.6 cm³/mol. The molecule has 2 N–H and O–H groups in total. The van der Waals surface area contributed by atoms with Crippen LogP contribution in [0.25, 0.3) is 0 Å². The Labute approximate surface area is 140 Å². The lowest BCUT2D eigenvalue weighted by Crippen LogP contribution is -2.52. The number of nitrogens with one attached hydrogen (secondary N) is 2. The summed E-state index contributed by atoms with van der Waals surface area (Å²) >= 11 is 0. The minimum atomic E-state index is -0.203. The lowest BCUT2D eigenvalue weighted by molar-refractivity contribution is 0.197. The van der Waals surface area contributed by atoms with Crippen LogP contribution >= 0.6 is 0 Å². The average molecular weight is 322 g/mol. The summed E-state index contributed by atoms with van der Waals surface area (Å²) in [5.74, 6) is 0.551. The lowest BCUT2D eigenvalue weighted by Gasteiger charge is -2.33. The third kappa shape index (κ3) is 5.82. The first-order valence-electron chi connectivity index (χ1n) is 7.96. The second-order valence-corrected chi connectivity index (χ2v) is 7.38. The fourth-order valence-corrected chi connectivity index (χ4v) is 1.99. The van der Waals surface area contributed by atoms with E-state index in [2.05, 4.69) is 62.3 Å². The molecule has 0 unspecified atom stereocenters. The van der Waals surface area contributed by atoms with Crippen molar-refractivity contribution in [2.24, 2.45) is 4.99 Å². The monoisotopic (exact) mass is 322 g/mol. The fourth-order valence-electron chi connectivity index (χ4n) is 1.99. The zero-order chi connectivity index (χ0) is 17.7. The van der Waals surface area contributed by atoms with Crippen LogP contribution in [0.2, 0.25) is 0 Å². The molecule has 0 aromatic heterocycles. The Balaban J connectivity index is 2.64. The number of benzene rings is 1. The number of aliphatic imine (C=N–C) groups is 1. The number of likely N-dealkylation sites (N-methyl/N-ethyl adjacent to an activating group) is 1. The molecule has 0 heterocycles. The summed E-state index contributed by atoms with van der Waals surface area (Å²) in [4.78, 5) is 6.44. The minimum absolute atomic E-state index is 0.0235. The molecule has 4 nitrogen and oxygen atoms in total. The van der Waals surface area contributed by atoms with Crippen molar-refractivity contribution in [3.63, 3.8) is 0 Å². The van der Waals surface area contributed by atoms with Crippen LogP contribution in [0.3, 0.4) is 0 Å². The third-order valence-corrected chi connectivity index (χ3v) is 4.43. The minimum Gasteiger partial charge on any atom is -0.356 e. The van der Waals surface area contributed by atoms with Gasteiger partial charge in [-0.05, 0) is 45.6 Å². The zero-order valence-electron chi connectivity index (χ0n) is 15.5. The van der Waals surface area contributed by atoms with Gasteiger partial charge in [-0.1, -0.05) is 26.0 Å². The molecule has 0 aliphatic heterocycles. The zero-order valence-corrected chi connectivity index (χ0v) is 15.5. The second kappa shape index (κ2) is 7.77. The summed E-state index contributed by atoms with van der Waals surface area (Å²) in [5.41, 5.74) is 0.793. The Kier molecular flexibility index (Phi) is 6.57. The van der Waals surface area contributed by atoms with Crippen LogP contribution in [0.1, 0.15) is 33.3 Å². The standard InChI is InChI=1S/C18H31FN4/c1-17(2,14-9-8-10-15(19)11-14)12-21-16(20-5)22-13-18(3,4)23(6)7/h8-11H,12-13H2,1-7H3,(H2,20,21,22). The van der Waals surface area contributed by atoms with Gasteiger partial charge in [0.25, 0.3) is 0 Å². The Morgan fingerprint density at radius 3 is 2.26 bits per heavy atom. The summed E-state index contributed by atoms with van der Waals surface area (Å²) in [6.07, 6.45) is 0. The molecule has 0 amide bonds. The number of hydrogen-bond acceptors (Lipinski definition) is 2. The van der Waals surface area contributed by atoms with Crippen molar-refractivity contribution in [3.05, 3.63) is 35.6 Å². The summed E-state index contributed by atoms with van der Waals surface area (Å²) in [6, 6.07) is 6.76. The Bertz CT molecular complexity index is 536. The van der Waals surface area contributed by atoms with Gasteiger partial charge in [0.2, 0.25) is 0 Å².